The van der Waals surface area contributed by atoms with E-state index in [1.807, 2.05) is 14.1 Å². The number of H-pyrrole nitrogens is 1. The molecule has 4 rings (SSSR count). The quantitative estimate of drug-likeness (QED) is 0.105. The van der Waals surface area contributed by atoms with Crippen molar-refractivity contribution >= 4 is 46.2 Å². The summed E-state index contributed by atoms with van der Waals surface area (Å²) in [7, 11) is 5.16. The number of thioether (sulfide) groups is 1. The molecule has 2 aliphatic rings. The number of pyridine rings is 1. The summed E-state index contributed by atoms with van der Waals surface area (Å²) in [5, 5.41) is 21.7. The summed E-state index contributed by atoms with van der Waals surface area (Å²) >= 11 is 2.27. The smallest absolute Gasteiger partial charge is 0.352 e. The maximum Gasteiger partial charge on any atom is 0.352 e. The van der Waals surface area contributed by atoms with Gasteiger partial charge in [0.15, 0.2) is 22.7 Å². The van der Waals surface area contributed by atoms with Gasteiger partial charge in [-0.15, -0.1) is 11.8 Å². The van der Waals surface area contributed by atoms with Crippen molar-refractivity contribution in [1.82, 2.24) is 30.0 Å². The van der Waals surface area contributed by atoms with Crippen molar-refractivity contribution in [2.75, 3.05) is 45.8 Å². The molecular weight excluding hydrogens is 552 g/mol. The van der Waals surface area contributed by atoms with Crippen LogP contribution in [-0.4, -0.2) is 103 Å². The van der Waals surface area contributed by atoms with Crippen molar-refractivity contribution in [1.29, 1.82) is 0 Å². The molecule has 2 aliphatic heterocycles. The number of likely N-dealkylation sites (N-methyl/N-ethyl adjacent to an activating group) is 1. The summed E-state index contributed by atoms with van der Waals surface area (Å²) in [6.45, 7) is 0.905. The monoisotopic (exact) mass is 581 g/mol. The van der Waals surface area contributed by atoms with E-state index >= 15 is 0 Å². The number of nitrogens with two attached hydrogens (primary N) is 1. The highest BCUT2D eigenvalue weighted by atomic mass is 32.2. The van der Waals surface area contributed by atoms with E-state index in [4.69, 9.17) is 10.6 Å². The Morgan fingerprint density at radius 2 is 2.13 bits per heavy atom. The van der Waals surface area contributed by atoms with Crippen LogP contribution in [0.2, 0.25) is 0 Å². The minimum atomic E-state index is -1.22. The van der Waals surface area contributed by atoms with Gasteiger partial charge in [0.1, 0.15) is 23.7 Å². The number of hydrogen-bond acceptors (Lipinski definition) is 12. The van der Waals surface area contributed by atoms with Gasteiger partial charge < -0.3 is 35.6 Å². The number of aliphatic carboxylic acids is 1. The van der Waals surface area contributed by atoms with Crippen LogP contribution in [0, 0.1) is 0 Å². The average Bonchev–Trinajstić information content (AvgIpc) is 3.31. The standard InChI is InChI=1S/C22H28N8O7S2/c1-30(2,5-4-11-6-12(31)13(32)7-24-11)8-10-9-38-20-15(19(34)29(20)16(10)21(35)36)25-18(33)14(27-37-3)17-26-22(23)39-28-17/h6-7,14-15,20,27H,4-5,8-9H2,1-3H3,(H5-,23,24,25,26,28,31,32,33,35,36)/p+1/t14?,15-,20+/m1/s1. The van der Waals surface area contributed by atoms with Gasteiger partial charge in [-0.3, -0.25) is 19.3 Å². The molecular formula is C22H29N8O7S2+. The fraction of sp³-hybridized carbons (Fsp3) is 0.455. The predicted octanol–water partition coefficient (Wildman–Crippen LogP) is -1.24. The molecule has 0 aliphatic carbocycles. The zero-order valence-electron chi connectivity index (χ0n) is 21.3. The Hall–Kier alpha value is -3.51. The molecule has 1 fully saturated rings. The molecule has 4 heterocycles. The van der Waals surface area contributed by atoms with Crippen LogP contribution in [0.25, 0.3) is 0 Å². The number of aromatic hydroxyl groups is 1. The van der Waals surface area contributed by atoms with Crippen LogP contribution in [0.4, 0.5) is 5.13 Å². The largest absolute Gasteiger partial charge is 0.503 e. The molecule has 0 spiro atoms. The summed E-state index contributed by atoms with van der Waals surface area (Å²) in [6.07, 6.45) is 1.72. The Kier molecular flexibility index (Phi) is 8.26. The first kappa shape index (κ1) is 28.5. The van der Waals surface area contributed by atoms with Crippen molar-refractivity contribution in [2.24, 2.45) is 0 Å². The summed E-state index contributed by atoms with van der Waals surface area (Å²) in [4.78, 5) is 63.0. The second-order valence-electron chi connectivity index (χ2n) is 9.67. The van der Waals surface area contributed by atoms with Crippen LogP contribution in [0.1, 0.15) is 17.6 Å². The van der Waals surface area contributed by atoms with Crippen molar-refractivity contribution in [3.8, 4) is 5.75 Å². The Morgan fingerprint density at radius 3 is 2.74 bits per heavy atom. The third kappa shape index (κ3) is 6.06. The second-order valence-corrected chi connectivity index (χ2v) is 11.6. The van der Waals surface area contributed by atoms with Gasteiger partial charge in [0.05, 0.1) is 27.7 Å². The van der Waals surface area contributed by atoms with Gasteiger partial charge in [0.25, 0.3) is 5.91 Å². The molecule has 0 aromatic carbocycles. The zero-order chi connectivity index (χ0) is 28.5. The molecule has 1 unspecified atom stereocenters. The van der Waals surface area contributed by atoms with Gasteiger partial charge in [-0.05, 0) is 0 Å². The molecule has 17 heteroatoms. The van der Waals surface area contributed by atoms with Gasteiger partial charge >= 0.3 is 5.97 Å². The molecule has 1 saturated heterocycles. The molecule has 2 aromatic heterocycles. The van der Waals surface area contributed by atoms with Gasteiger partial charge in [-0.1, -0.05) is 0 Å². The van der Waals surface area contributed by atoms with Crippen molar-refractivity contribution in [3.63, 3.8) is 0 Å². The molecule has 2 aromatic rings. The van der Waals surface area contributed by atoms with Crippen molar-refractivity contribution in [2.45, 2.75) is 23.9 Å². The summed E-state index contributed by atoms with van der Waals surface area (Å²) in [6, 6.07) is -0.729. The highest BCUT2D eigenvalue weighted by Crippen LogP contribution is 2.41. The van der Waals surface area contributed by atoms with E-state index in [9.17, 15) is 29.4 Å². The molecule has 39 heavy (non-hydrogen) atoms. The van der Waals surface area contributed by atoms with E-state index in [-0.39, 0.29) is 22.4 Å². The lowest BCUT2D eigenvalue weighted by Gasteiger charge is -2.50. The SMILES string of the molecule is CONC(C(=O)N[C@@H]1C(=O)N2C(C(=O)O)=C(C[N+](C)(C)CCc3cc(=O)c(O)c[nH]3)CS[C@@H]12)c1nsc(N)n1. The molecule has 2 amide bonds. The molecule has 0 saturated carbocycles. The number of nitrogen functional groups attached to an aromatic ring is 1. The number of nitrogens with one attached hydrogen (secondary N) is 3. The zero-order valence-corrected chi connectivity index (χ0v) is 23.0. The number of carbonyl (C=O) groups excluding carboxylic acids is 2. The molecule has 7 N–H and O–H groups in total. The Morgan fingerprint density at radius 1 is 1.38 bits per heavy atom. The Labute approximate surface area is 230 Å². The maximum absolute atomic E-state index is 13.1. The summed E-state index contributed by atoms with van der Waals surface area (Å²) < 4.78 is 4.40. The second kappa shape index (κ2) is 11.3. The lowest BCUT2D eigenvalue weighted by molar-refractivity contribution is -0.885. The Balaban J connectivity index is 1.45. The average molecular weight is 582 g/mol. The first-order chi connectivity index (χ1) is 18.4. The third-order valence-electron chi connectivity index (χ3n) is 6.32. The molecule has 210 valence electrons. The van der Waals surface area contributed by atoms with Crippen LogP contribution >= 0.6 is 23.3 Å². The number of β-lactam (4-membered cyclic amide) rings is 1. The number of carbonyl (C=O) groups is 3. The van der Waals surface area contributed by atoms with E-state index in [0.717, 1.165) is 11.5 Å². The summed E-state index contributed by atoms with van der Waals surface area (Å²) in [5.74, 6) is -2.31. The van der Waals surface area contributed by atoms with Gasteiger partial charge in [0.2, 0.25) is 11.3 Å². The maximum atomic E-state index is 13.1. The minimum Gasteiger partial charge on any atom is -0.503 e. The van der Waals surface area contributed by atoms with Crippen LogP contribution in [0.5, 0.6) is 5.75 Å². The highest BCUT2D eigenvalue weighted by molar-refractivity contribution is 8.00. The number of carboxylic acid groups (broad SMARTS) is 1. The number of aromatic nitrogens is 3. The van der Waals surface area contributed by atoms with Crippen molar-refractivity contribution in [3.05, 3.63) is 45.3 Å². The number of anilines is 1. The molecule has 0 bridgehead atoms. The van der Waals surface area contributed by atoms with E-state index < -0.39 is 40.7 Å². The topological polar surface area (TPSA) is 213 Å². The van der Waals surface area contributed by atoms with Crippen LogP contribution < -0.4 is 22.0 Å². The summed E-state index contributed by atoms with van der Waals surface area (Å²) in [5.41, 5.74) is 8.77. The van der Waals surface area contributed by atoms with Crippen LogP contribution in [-0.2, 0) is 25.6 Å². The fourth-order valence-electron chi connectivity index (χ4n) is 4.42. The van der Waals surface area contributed by atoms with E-state index in [0.29, 0.717) is 41.0 Å². The number of hydrogen-bond donors (Lipinski definition) is 6. The van der Waals surface area contributed by atoms with Gasteiger partial charge in [0, 0.05) is 47.2 Å². The lowest BCUT2D eigenvalue weighted by atomic mass is 10.0. The van der Waals surface area contributed by atoms with Gasteiger partial charge in [-0.2, -0.15) is 9.85 Å². The van der Waals surface area contributed by atoms with Crippen LogP contribution in [0.15, 0.2) is 28.3 Å². The van der Waals surface area contributed by atoms with Crippen LogP contribution in [0.3, 0.4) is 0 Å². The number of nitrogens with zero attached hydrogens (tertiary/aromatic N) is 4. The van der Waals surface area contributed by atoms with Gasteiger partial charge in [-0.25, -0.2) is 9.78 Å². The number of carboxylic acids is 1. The normalized spacial score (nSPS) is 19.9. The number of fused-ring (bicyclic) bond motifs is 1. The fourth-order valence-corrected chi connectivity index (χ4v) is 6.22. The number of quaternary nitrogens is 1. The molecule has 0 radical (unpaired) electrons. The third-order valence-corrected chi connectivity index (χ3v) is 8.21. The first-order valence-electron chi connectivity index (χ1n) is 11.7. The molecule has 3 atom stereocenters. The number of amides is 2. The highest BCUT2D eigenvalue weighted by Gasteiger charge is 2.55. The van der Waals surface area contributed by atoms with E-state index in [1.165, 1.54) is 36.0 Å². The Bertz CT molecular complexity index is 1370. The van der Waals surface area contributed by atoms with Crippen molar-refractivity contribution < 1.29 is 33.9 Å². The van der Waals surface area contributed by atoms with E-state index in [1.54, 1.807) is 0 Å². The minimum absolute atomic E-state index is 0.0843. The molecule has 15 nitrogen and oxygen atoms in total. The predicted molar refractivity (Wildman–Crippen MR) is 141 cm³/mol. The number of aromatic amines is 1. The lowest BCUT2D eigenvalue weighted by Crippen LogP contribution is -2.71. The first-order valence-corrected chi connectivity index (χ1v) is 13.5. The number of rotatable bonds is 11. The van der Waals surface area contributed by atoms with E-state index in [2.05, 4.69) is 25.1 Å². The number of hydroxylamine groups is 1.